The lowest BCUT2D eigenvalue weighted by Gasteiger charge is -2.09. The molecule has 8 heteroatoms. The van der Waals surface area contributed by atoms with Crippen molar-refractivity contribution in [2.75, 3.05) is 13.2 Å². The Balaban J connectivity index is 1.91. The molecular formula is C17H16N2O5S. The fourth-order valence-corrected chi connectivity index (χ4v) is 2.84. The minimum absolute atomic E-state index is 0.0164. The second-order valence-corrected chi connectivity index (χ2v) is 6.68. The number of carbonyl (C=O) groups excluding carboxylic acids is 1. The van der Waals surface area contributed by atoms with Gasteiger partial charge in [0.15, 0.2) is 0 Å². The van der Waals surface area contributed by atoms with E-state index in [0.29, 0.717) is 16.9 Å². The summed E-state index contributed by atoms with van der Waals surface area (Å²) < 4.78 is 33.4. The predicted octanol–water partition coefficient (Wildman–Crippen LogP) is 1.75. The van der Waals surface area contributed by atoms with E-state index in [1.54, 1.807) is 31.2 Å². The number of esters is 1. The number of aryl methyl sites for hydroxylation is 1. The van der Waals surface area contributed by atoms with E-state index >= 15 is 0 Å². The molecule has 2 N–H and O–H groups in total. The van der Waals surface area contributed by atoms with E-state index in [-0.39, 0.29) is 23.7 Å². The van der Waals surface area contributed by atoms with Crippen molar-refractivity contribution in [1.29, 1.82) is 5.26 Å². The maximum absolute atomic E-state index is 12.0. The Bertz CT molecular complexity index is 915. The Morgan fingerprint density at radius 3 is 2.44 bits per heavy atom. The quantitative estimate of drug-likeness (QED) is 0.619. The number of nitrogens with two attached hydrogens (primary N) is 1. The first-order chi connectivity index (χ1) is 11.8. The van der Waals surface area contributed by atoms with Crippen LogP contribution in [0.3, 0.4) is 0 Å². The minimum Gasteiger partial charge on any atom is -0.490 e. The van der Waals surface area contributed by atoms with Crippen molar-refractivity contribution >= 4 is 16.0 Å². The van der Waals surface area contributed by atoms with E-state index < -0.39 is 16.0 Å². The van der Waals surface area contributed by atoms with Gasteiger partial charge in [0.2, 0.25) is 10.0 Å². The maximum atomic E-state index is 12.0. The molecule has 0 aliphatic rings. The molecule has 0 aromatic heterocycles. The van der Waals surface area contributed by atoms with Crippen LogP contribution < -0.4 is 9.88 Å². The van der Waals surface area contributed by atoms with Gasteiger partial charge in [-0.25, -0.2) is 18.4 Å². The highest BCUT2D eigenvalue weighted by molar-refractivity contribution is 7.89. The van der Waals surface area contributed by atoms with Crippen molar-refractivity contribution in [1.82, 2.24) is 0 Å². The maximum Gasteiger partial charge on any atom is 0.338 e. The number of carbonyl (C=O) groups is 1. The normalized spacial score (nSPS) is 10.8. The molecule has 0 bridgehead atoms. The summed E-state index contributed by atoms with van der Waals surface area (Å²) in [5.41, 5.74) is 1.06. The Kier molecular flexibility index (Phi) is 5.75. The molecular weight excluding hydrogens is 344 g/mol. The van der Waals surface area contributed by atoms with Crippen molar-refractivity contribution in [3.8, 4) is 11.8 Å². The summed E-state index contributed by atoms with van der Waals surface area (Å²) in [6.07, 6.45) is 0. The molecule has 0 unspecified atom stereocenters. The highest BCUT2D eigenvalue weighted by atomic mass is 32.2. The van der Waals surface area contributed by atoms with Crippen LogP contribution in [0.4, 0.5) is 0 Å². The highest BCUT2D eigenvalue weighted by Crippen LogP contribution is 2.16. The molecule has 0 aliphatic heterocycles. The van der Waals surface area contributed by atoms with Gasteiger partial charge in [-0.15, -0.1) is 0 Å². The number of ether oxygens (including phenoxy) is 2. The zero-order chi connectivity index (χ0) is 18.4. The smallest absolute Gasteiger partial charge is 0.338 e. The summed E-state index contributed by atoms with van der Waals surface area (Å²) in [6, 6.07) is 12.6. The van der Waals surface area contributed by atoms with Crippen LogP contribution in [0.5, 0.6) is 5.75 Å². The Morgan fingerprint density at radius 2 is 1.84 bits per heavy atom. The third kappa shape index (κ3) is 5.04. The minimum atomic E-state index is -3.91. The van der Waals surface area contributed by atoms with Gasteiger partial charge in [0, 0.05) is 0 Å². The molecule has 0 saturated carbocycles. The largest absolute Gasteiger partial charge is 0.490 e. The van der Waals surface area contributed by atoms with Gasteiger partial charge in [-0.3, -0.25) is 0 Å². The molecule has 130 valence electrons. The van der Waals surface area contributed by atoms with E-state index in [2.05, 4.69) is 0 Å². The van der Waals surface area contributed by atoms with Crippen LogP contribution in [0, 0.1) is 18.3 Å². The van der Waals surface area contributed by atoms with Crippen LogP contribution in [-0.4, -0.2) is 27.6 Å². The van der Waals surface area contributed by atoms with Gasteiger partial charge < -0.3 is 9.47 Å². The average molecular weight is 360 g/mol. The van der Waals surface area contributed by atoms with E-state index in [1.165, 1.54) is 18.2 Å². The van der Waals surface area contributed by atoms with Gasteiger partial charge in [-0.05, 0) is 48.9 Å². The van der Waals surface area contributed by atoms with Gasteiger partial charge in [-0.1, -0.05) is 6.07 Å². The van der Waals surface area contributed by atoms with Crippen molar-refractivity contribution in [3.63, 3.8) is 0 Å². The van der Waals surface area contributed by atoms with Gasteiger partial charge in [-0.2, -0.15) is 5.26 Å². The zero-order valence-electron chi connectivity index (χ0n) is 13.4. The lowest BCUT2D eigenvalue weighted by atomic mass is 10.1. The van der Waals surface area contributed by atoms with Crippen molar-refractivity contribution in [2.24, 2.45) is 5.14 Å². The van der Waals surface area contributed by atoms with Crippen LogP contribution in [0.15, 0.2) is 47.4 Å². The van der Waals surface area contributed by atoms with E-state index in [0.717, 1.165) is 0 Å². The molecule has 2 aromatic rings. The first-order valence-electron chi connectivity index (χ1n) is 7.25. The van der Waals surface area contributed by atoms with E-state index in [4.69, 9.17) is 19.9 Å². The molecule has 0 heterocycles. The second-order valence-electron chi connectivity index (χ2n) is 5.15. The van der Waals surface area contributed by atoms with Crippen LogP contribution in [-0.2, 0) is 14.8 Å². The first kappa shape index (κ1) is 18.4. The van der Waals surface area contributed by atoms with Crippen LogP contribution in [0.2, 0.25) is 0 Å². The molecule has 0 amide bonds. The molecule has 0 aliphatic carbocycles. The van der Waals surface area contributed by atoms with Gasteiger partial charge in [0.1, 0.15) is 19.0 Å². The fraction of sp³-hybridized carbons (Fsp3) is 0.176. The third-order valence-electron chi connectivity index (χ3n) is 3.30. The molecule has 0 radical (unpaired) electrons. The van der Waals surface area contributed by atoms with Crippen LogP contribution >= 0.6 is 0 Å². The lowest BCUT2D eigenvalue weighted by molar-refractivity contribution is 0.0450. The zero-order valence-corrected chi connectivity index (χ0v) is 14.2. The Labute approximate surface area is 145 Å². The molecule has 0 fully saturated rings. The summed E-state index contributed by atoms with van der Waals surface area (Å²) in [7, 11) is -3.91. The average Bonchev–Trinajstić information content (AvgIpc) is 2.58. The number of benzene rings is 2. The summed E-state index contributed by atoms with van der Waals surface area (Å²) in [5, 5.41) is 13.8. The Hall–Kier alpha value is -2.89. The Morgan fingerprint density at radius 1 is 1.16 bits per heavy atom. The molecule has 0 saturated heterocycles. The molecule has 2 aromatic carbocycles. The molecule has 7 nitrogen and oxygen atoms in total. The van der Waals surface area contributed by atoms with Crippen LogP contribution in [0.1, 0.15) is 21.5 Å². The standard InChI is InChI=1S/C17H16N2O5S/c1-12-2-5-14(10-16(12)25(19,21)22)17(20)24-9-8-23-15-6-3-13(11-18)4-7-15/h2-7,10H,8-9H2,1H3,(H2,19,21,22). The van der Waals surface area contributed by atoms with Gasteiger partial charge >= 0.3 is 5.97 Å². The molecule has 0 atom stereocenters. The number of primary sulfonamides is 1. The lowest BCUT2D eigenvalue weighted by Crippen LogP contribution is -2.16. The summed E-state index contributed by atoms with van der Waals surface area (Å²) in [5.74, 6) is -0.129. The number of sulfonamides is 1. The predicted molar refractivity (Wildman–Crippen MR) is 89.5 cm³/mol. The molecule has 25 heavy (non-hydrogen) atoms. The number of hydrogen-bond acceptors (Lipinski definition) is 6. The van der Waals surface area contributed by atoms with Gasteiger partial charge in [0.25, 0.3) is 0 Å². The van der Waals surface area contributed by atoms with Crippen molar-refractivity contribution < 1.29 is 22.7 Å². The SMILES string of the molecule is Cc1ccc(C(=O)OCCOc2ccc(C#N)cc2)cc1S(N)(=O)=O. The number of hydrogen-bond donors (Lipinski definition) is 1. The number of nitrogens with zero attached hydrogens (tertiary/aromatic N) is 1. The third-order valence-corrected chi connectivity index (χ3v) is 4.35. The summed E-state index contributed by atoms with van der Waals surface area (Å²) in [4.78, 5) is 11.9. The first-order valence-corrected chi connectivity index (χ1v) is 8.79. The number of nitriles is 1. The van der Waals surface area contributed by atoms with Crippen LogP contribution in [0.25, 0.3) is 0 Å². The van der Waals surface area contributed by atoms with E-state index in [1.807, 2.05) is 6.07 Å². The van der Waals surface area contributed by atoms with Gasteiger partial charge in [0.05, 0.1) is 22.1 Å². The molecule has 2 rings (SSSR count). The highest BCUT2D eigenvalue weighted by Gasteiger charge is 2.16. The number of rotatable bonds is 6. The van der Waals surface area contributed by atoms with E-state index in [9.17, 15) is 13.2 Å². The fourth-order valence-electron chi connectivity index (χ4n) is 2.04. The summed E-state index contributed by atoms with van der Waals surface area (Å²) in [6.45, 7) is 1.68. The monoisotopic (exact) mass is 360 g/mol. The molecule has 0 spiro atoms. The topological polar surface area (TPSA) is 119 Å². The summed E-state index contributed by atoms with van der Waals surface area (Å²) >= 11 is 0. The van der Waals surface area contributed by atoms with Crippen molar-refractivity contribution in [2.45, 2.75) is 11.8 Å². The van der Waals surface area contributed by atoms with Crippen molar-refractivity contribution in [3.05, 3.63) is 59.2 Å². The second kappa shape index (κ2) is 7.79.